The number of aromatic amines is 1. The van der Waals surface area contributed by atoms with Gasteiger partial charge in [0, 0.05) is 34.9 Å². The first-order valence-electron chi connectivity index (χ1n) is 9.59. The topological polar surface area (TPSA) is 104 Å². The predicted octanol–water partition coefficient (Wildman–Crippen LogP) is 3.53. The first-order valence-corrected chi connectivity index (χ1v) is 10.4. The van der Waals surface area contributed by atoms with E-state index in [2.05, 4.69) is 15.3 Å². The van der Waals surface area contributed by atoms with Gasteiger partial charge >= 0.3 is 6.09 Å². The van der Waals surface area contributed by atoms with Crippen molar-refractivity contribution in [3.63, 3.8) is 0 Å². The van der Waals surface area contributed by atoms with Crippen LogP contribution in [0.1, 0.15) is 41.7 Å². The third-order valence-electron chi connectivity index (χ3n) is 4.64. The van der Waals surface area contributed by atoms with Gasteiger partial charge in [0.15, 0.2) is 5.13 Å². The number of para-hydroxylation sites is 1. The summed E-state index contributed by atoms with van der Waals surface area (Å²) in [4.78, 5) is 47.6. The number of nitrogens with zero attached hydrogens (tertiary/aromatic N) is 2. The zero-order chi connectivity index (χ0) is 21.5. The Hall–Kier alpha value is -3.20. The highest BCUT2D eigenvalue weighted by atomic mass is 32.1. The molecule has 30 heavy (non-hydrogen) atoms. The quantitative estimate of drug-likeness (QED) is 0.652. The minimum Gasteiger partial charge on any atom is -0.444 e. The Morgan fingerprint density at radius 1 is 1.27 bits per heavy atom. The maximum atomic E-state index is 12.7. The Bertz CT molecular complexity index is 1190. The summed E-state index contributed by atoms with van der Waals surface area (Å²) in [6, 6.07) is 7.03. The smallest absolute Gasteiger partial charge is 0.410 e. The van der Waals surface area contributed by atoms with Crippen LogP contribution in [-0.4, -0.2) is 39.0 Å². The molecular weight excluding hydrogens is 404 g/mol. The number of H-pyrrole nitrogens is 1. The number of nitrogens with one attached hydrogen (secondary N) is 2. The monoisotopic (exact) mass is 426 g/mol. The van der Waals surface area contributed by atoms with Gasteiger partial charge in [-0.1, -0.05) is 23.5 Å². The van der Waals surface area contributed by atoms with Crippen LogP contribution < -0.4 is 10.7 Å². The fourth-order valence-electron chi connectivity index (χ4n) is 3.23. The molecule has 1 aromatic carbocycles. The second-order valence-electron chi connectivity index (χ2n) is 8.07. The molecule has 1 aliphatic heterocycles. The van der Waals surface area contributed by atoms with Crippen LogP contribution >= 0.6 is 11.3 Å². The molecule has 1 aliphatic rings. The highest BCUT2D eigenvalue weighted by Crippen LogP contribution is 2.29. The van der Waals surface area contributed by atoms with Crippen molar-refractivity contribution in [2.24, 2.45) is 0 Å². The Kier molecular flexibility index (Phi) is 5.07. The Labute approximate surface area is 176 Å². The number of thiazole rings is 1. The average molecular weight is 426 g/mol. The first kappa shape index (κ1) is 20.1. The van der Waals surface area contributed by atoms with Gasteiger partial charge in [0.1, 0.15) is 11.2 Å². The lowest BCUT2D eigenvalue weighted by atomic mass is 10.1. The molecule has 2 N–H and O–H groups in total. The number of fused-ring (bicyclic) bond motifs is 2. The number of benzene rings is 1. The molecule has 0 bridgehead atoms. The van der Waals surface area contributed by atoms with Crippen molar-refractivity contribution < 1.29 is 14.3 Å². The summed E-state index contributed by atoms with van der Waals surface area (Å²) < 4.78 is 5.43. The number of hydrogen-bond donors (Lipinski definition) is 2. The molecule has 0 spiro atoms. The van der Waals surface area contributed by atoms with Gasteiger partial charge in [-0.25, -0.2) is 9.78 Å². The van der Waals surface area contributed by atoms with Crippen molar-refractivity contribution in [1.82, 2.24) is 14.9 Å². The molecule has 3 heterocycles. The summed E-state index contributed by atoms with van der Waals surface area (Å²) in [7, 11) is 0. The molecule has 3 aromatic rings. The van der Waals surface area contributed by atoms with E-state index in [9.17, 15) is 14.4 Å². The molecule has 0 unspecified atom stereocenters. The van der Waals surface area contributed by atoms with E-state index in [1.807, 2.05) is 26.8 Å². The number of carbonyl (C=O) groups is 2. The summed E-state index contributed by atoms with van der Waals surface area (Å²) in [6.45, 7) is 6.37. The molecule has 4 rings (SSSR count). The van der Waals surface area contributed by atoms with E-state index in [0.29, 0.717) is 35.5 Å². The number of rotatable bonds is 2. The maximum absolute atomic E-state index is 12.7. The molecule has 0 aliphatic carbocycles. The van der Waals surface area contributed by atoms with Crippen molar-refractivity contribution in [2.75, 3.05) is 11.9 Å². The number of ether oxygens (including phenoxy) is 1. The normalized spacial score (nSPS) is 13.8. The van der Waals surface area contributed by atoms with E-state index >= 15 is 0 Å². The zero-order valence-corrected chi connectivity index (χ0v) is 17.8. The van der Waals surface area contributed by atoms with Crippen molar-refractivity contribution >= 4 is 39.4 Å². The van der Waals surface area contributed by atoms with Gasteiger partial charge in [-0.2, -0.15) is 0 Å². The van der Waals surface area contributed by atoms with Crippen LogP contribution in [0.3, 0.4) is 0 Å². The zero-order valence-electron chi connectivity index (χ0n) is 16.9. The molecule has 0 atom stereocenters. The van der Waals surface area contributed by atoms with Crippen LogP contribution in [0.15, 0.2) is 35.3 Å². The molecule has 2 aromatic heterocycles. The van der Waals surface area contributed by atoms with Crippen LogP contribution in [0.4, 0.5) is 9.93 Å². The number of pyridine rings is 1. The van der Waals surface area contributed by atoms with E-state index in [4.69, 9.17) is 4.74 Å². The van der Waals surface area contributed by atoms with E-state index in [0.717, 1.165) is 10.6 Å². The molecule has 0 saturated carbocycles. The number of carbonyl (C=O) groups excluding carboxylic acids is 2. The highest BCUT2D eigenvalue weighted by molar-refractivity contribution is 7.15. The van der Waals surface area contributed by atoms with E-state index < -0.39 is 11.5 Å². The van der Waals surface area contributed by atoms with Gasteiger partial charge in [-0.3, -0.25) is 14.9 Å². The summed E-state index contributed by atoms with van der Waals surface area (Å²) in [5.74, 6) is -0.517. The van der Waals surface area contributed by atoms with Gasteiger partial charge in [0.25, 0.3) is 5.91 Å². The van der Waals surface area contributed by atoms with Crippen LogP contribution in [0.25, 0.3) is 10.9 Å². The SMILES string of the molecule is CC(C)(C)OC(=O)N1CCc2nc(NC(=O)c3c[nH]c4ccccc4c3=O)sc2C1. The molecule has 9 heteroatoms. The number of anilines is 1. The second kappa shape index (κ2) is 7.56. The Morgan fingerprint density at radius 2 is 2.03 bits per heavy atom. The molecule has 156 valence electrons. The van der Waals surface area contributed by atoms with E-state index in [-0.39, 0.29) is 17.1 Å². The Balaban J connectivity index is 1.50. The van der Waals surface area contributed by atoms with Crippen LogP contribution in [-0.2, 0) is 17.7 Å². The van der Waals surface area contributed by atoms with Gasteiger partial charge in [0.05, 0.1) is 12.2 Å². The van der Waals surface area contributed by atoms with Crippen molar-refractivity contribution in [3.8, 4) is 0 Å². The fourth-order valence-corrected chi connectivity index (χ4v) is 4.25. The average Bonchev–Trinajstić information content (AvgIpc) is 3.08. The van der Waals surface area contributed by atoms with E-state index in [1.165, 1.54) is 17.5 Å². The van der Waals surface area contributed by atoms with Crippen LogP contribution in [0, 0.1) is 0 Å². The van der Waals surface area contributed by atoms with E-state index in [1.54, 1.807) is 23.1 Å². The van der Waals surface area contributed by atoms with Gasteiger partial charge in [-0.15, -0.1) is 0 Å². The lowest BCUT2D eigenvalue weighted by molar-refractivity contribution is 0.0225. The highest BCUT2D eigenvalue weighted by Gasteiger charge is 2.28. The van der Waals surface area contributed by atoms with Crippen molar-refractivity contribution in [1.29, 1.82) is 0 Å². The van der Waals surface area contributed by atoms with Crippen molar-refractivity contribution in [3.05, 3.63) is 56.8 Å². The summed E-state index contributed by atoms with van der Waals surface area (Å²) in [5.41, 5.74) is 0.655. The third-order valence-corrected chi connectivity index (χ3v) is 5.63. The third kappa shape index (κ3) is 4.06. The van der Waals surface area contributed by atoms with Gasteiger partial charge in [0.2, 0.25) is 5.43 Å². The van der Waals surface area contributed by atoms with Crippen LogP contribution in [0.2, 0.25) is 0 Å². The predicted molar refractivity (Wildman–Crippen MR) is 115 cm³/mol. The number of hydrogen-bond acceptors (Lipinski definition) is 6. The standard InChI is InChI=1S/C21H22N4O4S/c1-21(2,3)29-20(28)25-9-8-15-16(11-25)30-19(23-15)24-18(27)13-10-22-14-7-5-4-6-12(14)17(13)26/h4-7,10H,8-9,11H2,1-3H3,(H,22,26)(H,23,24,27). The molecule has 2 amide bonds. The second-order valence-corrected chi connectivity index (χ2v) is 9.16. The summed E-state index contributed by atoms with van der Waals surface area (Å²) >= 11 is 1.30. The molecule has 8 nitrogen and oxygen atoms in total. The largest absolute Gasteiger partial charge is 0.444 e. The number of amides is 2. The summed E-state index contributed by atoms with van der Waals surface area (Å²) in [5, 5.41) is 3.58. The maximum Gasteiger partial charge on any atom is 0.410 e. The van der Waals surface area contributed by atoms with Crippen LogP contribution in [0.5, 0.6) is 0 Å². The first-order chi connectivity index (χ1) is 14.2. The fraction of sp³-hybridized carbons (Fsp3) is 0.333. The van der Waals surface area contributed by atoms with Crippen molar-refractivity contribution in [2.45, 2.75) is 39.3 Å². The van der Waals surface area contributed by atoms with Gasteiger partial charge < -0.3 is 14.6 Å². The lowest BCUT2D eigenvalue weighted by Gasteiger charge is -2.29. The molecule has 0 fully saturated rings. The molecule has 0 radical (unpaired) electrons. The summed E-state index contributed by atoms with van der Waals surface area (Å²) in [6.07, 6.45) is 1.63. The number of aromatic nitrogens is 2. The molecule has 0 saturated heterocycles. The van der Waals surface area contributed by atoms with Gasteiger partial charge in [-0.05, 0) is 32.9 Å². The minimum absolute atomic E-state index is 0.0252. The minimum atomic E-state index is -0.558. The Morgan fingerprint density at radius 3 is 2.80 bits per heavy atom. The lowest BCUT2D eigenvalue weighted by Crippen LogP contribution is -2.39. The molecular formula is C21H22N4O4S.